The van der Waals surface area contributed by atoms with Gasteiger partial charge in [-0.2, -0.15) is 0 Å². The molecule has 1 heteroatoms. The zero-order chi connectivity index (χ0) is 26.9. The van der Waals surface area contributed by atoms with Crippen LogP contribution in [0.2, 0.25) is 0 Å². The molecular weight excluding hydrogens is 496 g/mol. The van der Waals surface area contributed by atoms with Crippen LogP contribution in [0.3, 0.4) is 0 Å². The number of hydrogen-bond donors (Lipinski definition) is 0. The molecule has 0 unspecified atom stereocenters. The van der Waals surface area contributed by atoms with Gasteiger partial charge >= 0.3 is 0 Å². The van der Waals surface area contributed by atoms with Crippen molar-refractivity contribution in [2.45, 2.75) is 0 Å². The molecule has 0 saturated carbocycles. The van der Waals surface area contributed by atoms with E-state index in [-0.39, 0.29) is 0 Å². The van der Waals surface area contributed by atoms with E-state index in [4.69, 9.17) is 4.42 Å². The van der Waals surface area contributed by atoms with Crippen LogP contribution in [0.4, 0.5) is 0 Å². The van der Waals surface area contributed by atoms with Gasteiger partial charge in [0.25, 0.3) is 0 Å². The summed E-state index contributed by atoms with van der Waals surface area (Å²) < 4.78 is 6.46. The second-order valence-electron chi connectivity index (χ2n) is 10.9. The van der Waals surface area contributed by atoms with Crippen molar-refractivity contribution >= 4 is 54.3 Å². The van der Waals surface area contributed by atoms with Crippen LogP contribution in [-0.4, -0.2) is 0 Å². The predicted molar refractivity (Wildman–Crippen MR) is 174 cm³/mol. The van der Waals surface area contributed by atoms with Gasteiger partial charge in [-0.25, -0.2) is 0 Å². The van der Waals surface area contributed by atoms with Crippen LogP contribution >= 0.6 is 0 Å². The minimum atomic E-state index is 0.914. The Labute approximate surface area is 237 Å². The van der Waals surface area contributed by atoms with Crippen molar-refractivity contribution in [1.29, 1.82) is 0 Å². The number of benzene rings is 8. The first-order valence-corrected chi connectivity index (χ1v) is 14.1. The molecule has 0 amide bonds. The van der Waals surface area contributed by atoms with Crippen molar-refractivity contribution < 1.29 is 4.42 Å². The minimum absolute atomic E-state index is 0.914. The van der Waals surface area contributed by atoms with Gasteiger partial charge in [0.2, 0.25) is 0 Å². The molecule has 0 aliphatic heterocycles. The van der Waals surface area contributed by atoms with E-state index < -0.39 is 0 Å². The van der Waals surface area contributed by atoms with Crippen molar-refractivity contribution in [3.05, 3.63) is 146 Å². The van der Waals surface area contributed by atoms with Crippen molar-refractivity contribution in [2.75, 3.05) is 0 Å². The maximum Gasteiger partial charge on any atom is 0.143 e. The van der Waals surface area contributed by atoms with Crippen LogP contribution in [0.15, 0.2) is 150 Å². The molecule has 41 heavy (non-hydrogen) atoms. The lowest BCUT2D eigenvalue weighted by atomic mass is 9.87. The minimum Gasteiger partial charge on any atom is -0.455 e. The Balaban J connectivity index is 1.29. The Morgan fingerprint density at radius 3 is 1.59 bits per heavy atom. The Morgan fingerprint density at radius 2 is 0.927 bits per heavy atom. The van der Waals surface area contributed by atoms with Crippen molar-refractivity contribution in [3.8, 4) is 33.4 Å². The normalized spacial score (nSPS) is 11.9. The highest BCUT2D eigenvalue weighted by molar-refractivity contribution is 6.27. The molecule has 0 N–H and O–H groups in total. The van der Waals surface area contributed by atoms with E-state index in [1.54, 1.807) is 0 Å². The van der Waals surface area contributed by atoms with Gasteiger partial charge in [0.1, 0.15) is 11.2 Å². The molecule has 1 heterocycles. The van der Waals surface area contributed by atoms with E-state index in [0.29, 0.717) is 0 Å². The first kappa shape index (κ1) is 22.4. The monoisotopic (exact) mass is 520 g/mol. The van der Waals surface area contributed by atoms with E-state index >= 15 is 0 Å². The molecule has 0 radical (unpaired) electrons. The summed E-state index contributed by atoms with van der Waals surface area (Å²) in [6, 6.07) is 52.5. The smallest absolute Gasteiger partial charge is 0.143 e. The zero-order valence-corrected chi connectivity index (χ0v) is 22.3. The molecule has 0 spiro atoms. The standard InChI is InChI=1S/C40H24O/c1-3-8-25(9-4-1)30-19-16-27-14-15-28-17-20-31(34-22-21-33(30)38(27)39(28)34)29-18-23-37-36(24-29)35-13-7-12-32(40(35)41-37)26-10-5-2-6-11-26/h1-24H. The van der Waals surface area contributed by atoms with E-state index in [9.17, 15) is 0 Å². The maximum atomic E-state index is 6.46. The fraction of sp³-hybridized carbons (Fsp3) is 0. The molecule has 190 valence electrons. The van der Waals surface area contributed by atoms with Crippen molar-refractivity contribution in [1.82, 2.24) is 0 Å². The van der Waals surface area contributed by atoms with Gasteiger partial charge in [-0.3, -0.25) is 0 Å². The third-order valence-corrected chi connectivity index (χ3v) is 8.64. The molecular formula is C40H24O. The fourth-order valence-corrected chi connectivity index (χ4v) is 6.73. The van der Waals surface area contributed by atoms with Gasteiger partial charge in [0, 0.05) is 16.3 Å². The number of rotatable bonds is 3. The van der Waals surface area contributed by atoms with E-state index in [2.05, 4.69) is 140 Å². The summed E-state index contributed by atoms with van der Waals surface area (Å²) >= 11 is 0. The quantitative estimate of drug-likeness (QED) is 0.211. The second-order valence-corrected chi connectivity index (χ2v) is 10.9. The summed E-state index contributed by atoms with van der Waals surface area (Å²) in [4.78, 5) is 0. The van der Waals surface area contributed by atoms with E-state index in [0.717, 1.165) is 27.5 Å². The van der Waals surface area contributed by atoms with Crippen molar-refractivity contribution in [3.63, 3.8) is 0 Å². The molecule has 0 bridgehead atoms. The van der Waals surface area contributed by atoms with Gasteiger partial charge in [-0.1, -0.05) is 133 Å². The molecule has 1 nitrogen and oxygen atoms in total. The highest BCUT2D eigenvalue weighted by Crippen LogP contribution is 2.43. The molecule has 0 fully saturated rings. The highest BCUT2D eigenvalue weighted by atomic mass is 16.3. The lowest BCUT2D eigenvalue weighted by Crippen LogP contribution is -1.89. The van der Waals surface area contributed by atoms with Crippen LogP contribution in [-0.2, 0) is 0 Å². The average Bonchev–Trinajstić information content (AvgIpc) is 3.42. The molecule has 0 saturated heterocycles. The first-order valence-electron chi connectivity index (χ1n) is 14.1. The van der Waals surface area contributed by atoms with Gasteiger partial charge in [-0.15, -0.1) is 0 Å². The van der Waals surface area contributed by atoms with Gasteiger partial charge < -0.3 is 4.42 Å². The Hall–Kier alpha value is -5.40. The molecule has 9 rings (SSSR count). The topological polar surface area (TPSA) is 13.1 Å². The van der Waals surface area contributed by atoms with Crippen LogP contribution in [0.25, 0.3) is 87.6 Å². The SMILES string of the molecule is c1ccc(-c2ccc3ccc4ccc(-c5ccc6oc7c(-c8ccccc8)cccc7c6c5)c5ccc2c3c45)cc1. The van der Waals surface area contributed by atoms with Crippen LogP contribution < -0.4 is 0 Å². The maximum absolute atomic E-state index is 6.46. The summed E-state index contributed by atoms with van der Waals surface area (Å²) in [6.07, 6.45) is 0. The van der Waals surface area contributed by atoms with E-state index in [1.165, 1.54) is 60.1 Å². The first-order chi connectivity index (χ1) is 20.3. The summed E-state index contributed by atoms with van der Waals surface area (Å²) in [5, 5.41) is 10.1. The average molecular weight is 521 g/mol. The Bertz CT molecular complexity index is 2400. The largest absolute Gasteiger partial charge is 0.455 e. The lowest BCUT2D eigenvalue weighted by molar-refractivity contribution is 0.670. The Morgan fingerprint density at radius 1 is 0.341 bits per heavy atom. The highest BCUT2D eigenvalue weighted by Gasteiger charge is 2.17. The summed E-state index contributed by atoms with van der Waals surface area (Å²) in [6.45, 7) is 0. The van der Waals surface area contributed by atoms with Gasteiger partial charge in [0.15, 0.2) is 0 Å². The number of para-hydroxylation sites is 1. The third kappa shape index (κ3) is 3.30. The number of furan rings is 1. The molecule has 8 aromatic carbocycles. The van der Waals surface area contributed by atoms with E-state index in [1.807, 2.05) is 6.07 Å². The van der Waals surface area contributed by atoms with Crippen LogP contribution in [0.1, 0.15) is 0 Å². The summed E-state index contributed by atoms with van der Waals surface area (Å²) in [5.74, 6) is 0. The molecule has 1 aromatic heterocycles. The lowest BCUT2D eigenvalue weighted by Gasteiger charge is -2.16. The Kier molecular flexibility index (Phi) is 4.67. The zero-order valence-electron chi connectivity index (χ0n) is 22.3. The summed E-state index contributed by atoms with van der Waals surface area (Å²) in [7, 11) is 0. The predicted octanol–water partition coefficient (Wildman–Crippen LogP) is 11.5. The molecule has 9 aromatic rings. The van der Waals surface area contributed by atoms with Crippen LogP contribution in [0, 0.1) is 0 Å². The van der Waals surface area contributed by atoms with Gasteiger partial charge in [0.05, 0.1) is 0 Å². The van der Waals surface area contributed by atoms with Crippen LogP contribution in [0.5, 0.6) is 0 Å². The molecule has 0 aliphatic rings. The fourth-order valence-electron chi connectivity index (χ4n) is 6.73. The molecule has 0 aliphatic carbocycles. The second kappa shape index (κ2) is 8.55. The van der Waals surface area contributed by atoms with Crippen molar-refractivity contribution in [2.24, 2.45) is 0 Å². The van der Waals surface area contributed by atoms with Gasteiger partial charge in [-0.05, 0) is 72.3 Å². The number of hydrogen-bond acceptors (Lipinski definition) is 1. The number of fused-ring (bicyclic) bond motifs is 3. The third-order valence-electron chi connectivity index (χ3n) is 8.64. The molecule has 0 atom stereocenters. The summed E-state index contributed by atoms with van der Waals surface area (Å²) in [5.41, 5.74) is 9.11.